The number of hydrogen-bond donors (Lipinski definition) is 0. The van der Waals surface area contributed by atoms with Crippen molar-refractivity contribution in [3.8, 4) is 224 Å². The summed E-state index contributed by atoms with van der Waals surface area (Å²) in [5.74, 6) is 6.91. The Labute approximate surface area is 835 Å². The standard InChI is InChI=1S/C134H122O8/c1-9-17-73-135-91-49-33-83(34-50-91)115-99-29-25-26-30-100(99)116(84-35-51-92(52-36-84)136-74-18-10-2)128-104-66-70-108-125-107(69-65-103(123(104)125)127(115)128)131-119(87-41-57-95(58-42-87)139-77-21-13-5)111-81-113-114(82-112(111)120(132(108)131)88-43-59-96(60-44-88)140-78-22-14-6)122(90-47-63-98(64-48-90)142-80-24-16-8)134-110-72-68-106-124-105(67-71-109(126(110)124)133(134)121(113)89-45-61-97(62-46-89)141-79-23-15-7)129-117(85-37-53-93(54-38-85)137-75-19-11-3)101-31-27-28-32-102(101)118(130(106)129)86-39-55-94(56-40-86)138-76-20-12-4/h25-72,81-82H,9-24,73-80H2,1-8H3. The van der Waals surface area contributed by atoms with Gasteiger partial charge in [-0.3, -0.25) is 0 Å². The average molecular weight is 1860 g/mol. The molecule has 0 N–H and O–H groups in total. The number of ether oxygens (including phenoxy) is 8. The fourth-order valence-electron chi connectivity index (χ4n) is 23.0. The van der Waals surface area contributed by atoms with Crippen LogP contribution in [0.2, 0.25) is 0 Å². The molecule has 142 heavy (non-hydrogen) atoms. The van der Waals surface area contributed by atoms with Crippen molar-refractivity contribution in [2.45, 2.75) is 158 Å². The maximum Gasteiger partial charge on any atom is 0.119 e. The highest BCUT2D eigenvalue weighted by atomic mass is 16.5. The van der Waals surface area contributed by atoms with Gasteiger partial charge in [-0.2, -0.15) is 0 Å². The molecular formula is C134H122O8. The average Bonchev–Trinajstić information content (AvgIpc) is 1.50. The Hall–Kier alpha value is -14.9. The van der Waals surface area contributed by atoms with Gasteiger partial charge in [0.15, 0.2) is 0 Å². The van der Waals surface area contributed by atoms with E-state index in [0.29, 0.717) is 52.9 Å². The third-order valence-corrected chi connectivity index (χ3v) is 29.9. The van der Waals surface area contributed by atoms with Gasteiger partial charge in [0.25, 0.3) is 0 Å². The molecule has 4 aliphatic carbocycles. The Kier molecular flexibility index (Phi) is 25.4. The van der Waals surface area contributed by atoms with Crippen LogP contribution in [-0.4, -0.2) is 52.9 Å². The second-order valence-corrected chi connectivity index (χ2v) is 39.0. The van der Waals surface area contributed by atoms with E-state index in [0.717, 1.165) is 237 Å². The van der Waals surface area contributed by atoms with Gasteiger partial charge in [-0.05, 0) is 403 Å². The van der Waals surface area contributed by atoms with Crippen LogP contribution in [0.5, 0.6) is 46.0 Å². The summed E-state index contributed by atoms with van der Waals surface area (Å²) in [6.45, 7) is 23.0. The zero-order valence-electron chi connectivity index (χ0n) is 83.1. The van der Waals surface area contributed by atoms with Crippen molar-refractivity contribution in [2.75, 3.05) is 52.9 Å². The summed E-state index contributed by atoms with van der Waals surface area (Å²) in [7, 11) is 0. The van der Waals surface area contributed by atoms with Gasteiger partial charge in [0.2, 0.25) is 0 Å². The fraction of sp³-hybridized carbons (Fsp3) is 0.239. The Morgan fingerprint density at radius 2 is 0.261 bits per heavy atom. The molecule has 0 radical (unpaired) electrons. The van der Waals surface area contributed by atoms with E-state index in [1.807, 2.05) is 0 Å². The summed E-state index contributed by atoms with van der Waals surface area (Å²) < 4.78 is 52.6. The summed E-state index contributed by atoms with van der Waals surface area (Å²) in [6.07, 6.45) is 16.2. The van der Waals surface area contributed by atoms with Gasteiger partial charge in [0.05, 0.1) is 52.9 Å². The lowest BCUT2D eigenvalue weighted by Gasteiger charge is -2.25. The summed E-state index contributed by atoms with van der Waals surface area (Å²) in [4.78, 5) is 0. The second-order valence-electron chi connectivity index (χ2n) is 39.0. The van der Waals surface area contributed by atoms with Crippen LogP contribution in [0, 0.1) is 0 Å². The quantitative estimate of drug-likeness (QED) is 0.0278. The molecule has 0 aliphatic heterocycles. The Bertz CT molecular complexity index is 7100. The van der Waals surface area contributed by atoms with Crippen LogP contribution in [0.15, 0.2) is 303 Å². The van der Waals surface area contributed by atoms with Crippen molar-refractivity contribution in [2.24, 2.45) is 0 Å². The smallest absolute Gasteiger partial charge is 0.119 e. The Morgan fingerprint density at radius 1 is 0.134 bits per heavy atom. The SMILES string of the molecule is CCCCOc1ccc(-c2c3c(c(-c4ccc(OCCCC)cc4)c4ccccc24)-c2ccc4c5c(ccc-3c25)-c2c-4c(-c3ccc(OCCCC)cc3)c3cc4c(-c5ccc(OCCCC)cc5)c5c(c(-c6ccc(OCCCC)cc6)c4cc3c2-c2ccc(OCCCC)cc2)-c2ccc3c4c(ccc-5c24)-c2c-3c(-c3ccc(OCCCC)cc3)c3ccccc3c2-c2ccc(OCCCC)cc2)cc1. The van der Waals surface area contributed by atoms with Gasteiger partial charge in [0, 0.05) is 0 Å². The predicted octanol–water partition coefficient (Wildman–Crippen LogP) is 38.0. The van der Waals surface area contributed by atoms with Gasteiger partial charge in [-0.1, -0.05) is 301 Å². The molecule has 0 atom stereocenters. The van der Waals surface area contributed by atoms with Crippen LogP contribution in [0.1, 0.15) is 158 Å². The zero-order valence-corrected chi connectivity index (χ0v) is 83.1. The molecule has 0 aromatic heterocycles. The van der Waals surface area contributed by atoms with Crippen molar-refractivity contribution in [1.82, 2.24) is 0 Å². The first-order valence-corrected chi connectivity index (χ1v) is 52.6. The van der Waals surface area contributed by atoms with Gasteiger partial charge in [0.1, 0.15) is 46.0 Å². The molecule has 0 heterocycles. The number of fused-ring (bicyclic) bond motifs is 16. The van der Waals surface area contributed by atoms with E-state index >= 15 is 0 Å². The number of hydrogen-bond acceptors (Lipinski definition) is 8. The van der Waals surface area contributed by atoms with Crippen molar-refractivity contribution >= 4 is 64.6 Å². The number of rotatable bonds is 40. The third kappa shape index (κ3) is 16.0. The third-order valence-electron chi connectivity index (χ3n) is 29.9. The van der Waals surface area contributed by atoms with Gasteiger partial charge in [-0.15, -0.1) is 0 Å². The molecule has 19 aromatic rings. The first-order chi connectivity index (χ1) is 70.2. The summed E-state index contributed by atoms with van der Waals surface area (Å²) >= 11 is 0. The molecule has 0 saturated carbocycles. The van der Waals surface area contributed by atoms with Gasteiger partial charge >= 0.3 is 0 Å². The molecule has 706 valence electrons. The highest BCUT2D eigenvalue weighted by Crippen LogP contribution is 2.69. The van der Waals surface area contributed by atoms with Crippen LogP contribution in [0.25, 0.3) is 243 Å². The molecule has 23 rings (SSSR count). The van der Waals surface area contributed by atoms with E-state index in [1.165, 1.54) is 154 Å². The van der Waals surface area contributed by atoms with Crippen LogP contribution in [0.4, 0.5) is 0 Å². The lowest BCUT2D eigenvalue weighted by atomic mass is 9.78. The molecule has 0 bridgehead atoms. The number of unbranched alkanes of at least 4 members (excludes halogenated alkanes) is 8. The fourth-order valence-corrected chi connectivity index (χ4v) is 23.0. The van der Waals surface area contributed by atoms with Crippen LogP contribution >= 0.6 is 0 Å². The molecule has 0 spiro atoms. The van der Waals surface area contributed by atoms with E-state index in [2.05, 4.69) is 359 Å². The van der Waals surface area contributed by atoms with Gasteiger partial charge in [-0.25, -0.2) is 0 Å². The minimum absolute atomic E-state index is 0.633. The highest BCUT2D eigenvalue weighted by molar-refractivity contribution is 6.39. The second kappa shape index (κ2) is 39.7. The molecule has 0 unspecified atom stereocenters. The number of benzene rings is 19. The first-order valence-electron chi connectivity index (χ1n) is 52.6. The Balaban J connectivity index is 0.839. The summed E-state index contributed by atoms with van der Waals surface area (Å²) in [6, 6.07) is 116. The summed E-state index contributed by atoms with van der Waals surface area (Å²) in [5.41, 5.74) is 37.9. The largest absolute Gasteiger partial charge is 0.494 e. The normalized spacial score (nSPS) is 12.1. The molecule has 8 heteroatoms. The molecule has 8 nitrogen and oxygen atoms in total. The lowest BCUT2D eigenvalue weighted by molar-refractivity contribution is 0.309. The van der Waals surface area contributed by atoms with Crippen molar-refractivity contribution in [3.05, 3.63) is 303 Å². The molecule has 19 aromatic carbocycles. The van der Waals surface area contributed by atoms with E-state index in [1.54, 1.807) is 0 Å². The maximum atomic E-state index is 6.69. The zero-order chi connectivity index (χ0) is 96.0. The molecule has 0 saturated heterocycles. The van der Waals surface area contributed by atoms with Crippen LogP contribution in [0.3, 0.4) is 0 Å². The lowest BCUT2D eigenvalue weighted by Crippen LogP contribution is -1.99. The molecular weight excluding hydrogens is 1740 g/mol. The minimum atomic E-state index is 0.633. The van der Waals surface area contributed by atoms with Crippen molar-refractivity contribution in [1.29, 1.82) is 0 Å². The molecule has 4 aliphatic rings. The maximum absolute atomic E-state index is 6.69. The Morgan fingerprint density at radius 3 is 0.387 bits per heavy atom. The van der Waals surface area contributed by atoms with E-state index in [4.69, 9.17) is 37.9 Å². The van der Waals surface area contributed by atoms with E-state index in [-0.39, 0.29) is 0 Å². The van der Waals surface area contributed by atoms with Crippen LogP contribution < -0.4 is 37.9 Å². The van der Waals surface area contributed by atoms with Crippen molar-refractivity contribution < 1.29 is 37.9 Å². The first kappa shape index (κ1) is 90.9. The highest BCUT2D eigenvalue weighted by Gasteiger charge is 2.42. The predicted molar refractivity (Wildman–Crippen MR) is 596 cm³/mol. The van der Waals surface area contributed by atoms with Gasteiger partial charge < -0.3 is 37.9 Å². The van der Waals surface area contributed by atoms with E-state index in [9.17, 15) is 0 Å². The summed E-state index contributed by atoms with van der Waals surface area (Å²) in [5, 5.41) is 14.3. The van der Waals surface area contributed by atoms with E-state index < -0.39 is 0 Å². The van der Waals surface area contributed by atoms with Crippen molar-refractivity contribution in [3.63, 3.8) is 0 Å². The molecule has 0 amide bonds. The topological polar surface area (TPSA) is 73.8 Å². The minimum Gasteiger partial charge on any atom is -0.494 e. The molecule has 0 fully saturated rings. The monoisotopic (exact) mass is 1860 g/mol. The van der Waals surface area contributed by atoms with Crippen LogP contribution in [-0.2, 0) is 0 Å².